The zero-order chi connectivity index (χ0) is 15.5. The number of pyridine rings is 2. The molecule has 116 valence electrons. The first-order valence-corrected chi connectivity index (χ1v) is 8.14. The lowest BCUT2D eigenvalue weighted by atomic mass is 9.77. The molecule has 1 N–H and O–H groups in total. The number of amides is 1. The number of hydrogen-bond donors (Lipinski definition) is 1. The van der Waals surface area contributed by atoms with Crippen LogP contribution in [0.15, 0.2) is 30.7 Å². The van der Waals surface area contributed by atoms with Crippen molar-refractivity contribution in [3.05, 3.63) is 30.7 Å². The highest BCUT2D eigenvalue weighted by Gasteiger charge is 2.28. The van der Waals surface area contributed by atoms with Crippen molar-refractivity contribution in [1.82, 2.24) is 9.97 Å². The number of hydrogen-bond acceptors (Lipinski definition) is 3. The number of rotatable bonds is 3. The third-order valence-electron chi connectivity index (χ3n) is 4.89. The van der Waals surface area contributed by atoms with Gasteiger partial charge in [0.1, 0.15) is 5.82 Å². The fourth-order valence-electron chi connectivity index (χ4n) is 3.38. The van der Waals surface area contributed by atoms with Crippen LogP contribution in [0.5, 0.6) is 0 Å². The van der Waals surface area contributed by atoms with Crippen molar-refractivity contribution in [3.8, 4) is 0 Å². The average molecular weight is 297 g/mol. The van der Waals surface area contributed by atoms with Gasteiger partial charge in [-0.15, -0.1) is 0 Å². The molecule has 3 rings (SSSR count). The summed E-state index contributed by atoms with van der Waals surface area (Å²) in [5.41, 5.74) is 0. The van der Waals surface area contributed by atoms with Crippen molar-refractivity contribution in [2.24, 2.45) is 17.8 Å². The molecule has 1 amide bonds. The minimum Gasteiger partial charge on any atom is -0.310 e. The SMILES string of the molecule is CC(C)C1CCC(C(=O)Nc2nccc3cnccc23)CC1. The topological polar surface area (TPSA) is 54.9 Å². The van der Waals surface area contributed by atoms with Crippen LogP contribution in [-0.2, 0) is 4.79 Å². The molecule has 1 fully saturated rings. The number of carbonyl (C=O) groups excluding carboxylic acids is 1. The number of carbonyl (C=O) groups is 1. The Hall–Kier alpha value is -1.97. The van der Waals surface area contributed by atoms with Gasteiger partial charge < -0.3 is 5.32 Å². The Morgan fingerprint density at radius 1 is 1.18 bits per heavy atom. The van der Waals surface area contributed by atoms with E-state index in [2.05, 4.69) is 29.1 Å². The molecule has 1 aliphatic carbocycles. The largest absolute Gasteiger partial charge is 0.310 e. The summed E-state index contributed by atoms with van der Waals surface area (Å²) in [6.07, 6.45) is 9.52. The Bertz CT molecular complexity index is 655. The van der Waals surface area contributed by atoms with Crippen LogP contribution in [0.2, 0.25) is 0 Å². The number of anilines is 1. The van der Waals surface area contributed by atoms with Crippen molar-refractivity contribution in [1.29, 1.82) is 0 Å². The molecule has 0 radical (unpaired) electrons. The maximum atomic E-state index is 12.5. The van der Waals surface area contributed by atoms with Gasteiger partial charge in [0.05, 0.1) is 0 Å². The lowest BCUT2D eigenvalue weighted by Gasteiger charge is -2.30. The minimum atomic E-state index is 0.110. The summed E-state index contributed by atoms with van der Waals surface area (Å²) in [5.74, 6) is 2.37. The molecule has 0 aromatic carbocycles. The molecule has 1 aliphatic rings. The van der Waals surface area contributed by atoms with Gasteiger partial charge in [-0.3, -0.25) is 9.78 Å². The van der Waals surface area contributed by atoms with Gasteiger partial charge in [0.15, 0.2) is 0 Å². The van der Waals surface area contributed by atoms with Gasteiger partial charge in [-0.05, 0) is 49.7 Å². The van der Waals surface area contributed by atoms with E-state index in [0.29, 0.717) is 5.82 Å². The quantitative estimate of drug-likeness (QED) is 0.930. The molecule has 1 saturated carbocycles. The molecule has 4 heteroatoms. The van der Waals surface area contributed by atoms with Gasteiger partial charge >= 0.3 is 0 Å². The van der Waals surface area contributed by atoms with E-state index in [1.807, 2.05) is 12.1 Å². The highest BCUT2D eigenvalue weighted by Crippen LogP contribution is 2.34. The lowest BCUT2D eigenvalue weighted by Crippen LogP contribution is -2.28. The first kappa shape index (κ1) is 14.9. The van der Waals surface area contributed by atoms with Crippen molar-refractivity contribution in [2.45, 2.75) is 39.5 Å². The van der Waals surface area contributed by atoms with E-state index in [0.717, 1.165) is 48.3 Å². The van der Waals surface area contributed by atoms with Crippen molar-refractivity contribution >= 4 is 22.5 Å². The Kier molecular flexibility index (Phi) is 4.36. The molecular weight excluding hydrogens is 274 g/mol. The number of aromatic nitrogens is 2. The second kappa shape index (κ2) is 6.42. The second-order valence-corrected chi connectivity index (χ2v) is 6.60. The van der Waals surface area contributed by atoms with Crippen LogP contribution in [0.4, 0.5) is 5.82 Å². The van der Waals surface area contributed by atoms with E-state index in [9.17, 15) is 4.79 Å². The first-order valence-electron chi connectivity index (χ1n) is 8.14. The zero-order valence-electron chi connectivity index (χ0n) is 13.2. The number of nitrogens with zero attached hydrogens (tertiary/aromatic N) is 2. The number of fused-ring (bicyclic) bond motifs is 1. The van der Waals surface area contributed by atoms with Crippen LogP contribution >= 0.6 is 0 Å². The summed E-state index contributed by atoms with van der Waals surface area (Å²) >= 11 is 0. The third kappa shape index (κ3) is 3.11. The van der Waals surface area contributed by atoms with E-state index in [1.54, 1.807) is 18.6 Å². The van der Waals surface area contributed by atoms with E-state index in [4.69, 9.17) is 0 Å². The van der Waals surface area contributed by atoms with Crippen LogP contribution in [0, 0.1) is 17.8 Å². The first-order chi connectivity index (χ1) is 10.6. The third-order valence-corrected chi connectivity index (χ3v) is 4.89. The normalized spacial score (nSPS) is 22.0. The summed E-state index contributed by atoms with van der Waals surface area (Å²) < 4.78 is 0. The summed E-state index contributed by atoms with van der Waals surface area (Å²) in [5, 5.41) is 4.96. The Morgan fingerprint density at radius 3 is 2.68 bits per heavy atom. The molecule has 0 atom stereocenters. The monoisotopic (exact) mass is 297 g/mol. The van der Waals surface area contributed by atoms with Crippen molar-refractivity contribution < 1.29 is 4.79 Å². The van der Waals surface area contributed by atoms with Crippen LogP contribution in [-0.4, -0.2) is 15.9 Å². The lowest BCUT2D eigenvalue weighted by molar-refractivity contribution is -0.121. The predicted octanol–water partition coefficient (Wildman–Crippen LogP) is 4.03. The van der Waals surface area contributed by atoms with E-state index in [1.165, 1.54) is 0 Å². The van der Waals surface area contributed by atoms with Gasteiger partial charge in [-0.1, -0.05) is 13.8 Å². The fraction of sp³-hybridized carbons (Fsp3) is 0.500. The fourth-order valence-corrected chi connectivity index (χ4v) is 3.38. The molecule has 2 aromatic heterocycles. The summed E-state index contributed by atoms with van der Waals surface area (Å²) in [6, 6.07) is 3.81. The molecule has 0 aliphatic heterocycles. The van der Waals surface area contributed by atoms with Crippen LogP contribution in [0.25, 0.3) is 10.8 Å². The van der Waals surface area contributed by atoms with Gasteiger partial charge in [-0.2, -0.15) is 0 Å². The Labute approximate surface area is 131 Å². The van der Waals surface area contributed by atoms with E-state index >= 15 is 0 Å². The Morgan fingerprint density at radius 2 is 1.95 bits per heavy atom. The van der Waals surface area contributed by atoms with Gasteiger partial charge in [-0.25, -0.2) is 4.98 Å². The van der Waals surface area contributed by atoms with Gasteiger partial charge in [0.2, 0.25) is 5.91 Å². The van der Waals surface area contributed by atoms with Crippen LogP contribution < -0.4 is 5.32 Å². The maximum Gasteiger partial charge on any atom is 0.228 e. The molecule has 2 aromatic rings. The molecule has 0 saturated heterocycles. The standard InChI is InChI=1S/C18H23N3O/c1-12(2)13-3-5-14(6-4-13)18(22)21-17-16-8-9-19-11-15(16)7-10-20-17/h7-14H,3-6H2,1-2H3,(H,20,21,22). The van der Waals surface area contributed by atoms with Gasteiger partial charge in [0.25, 0.3) is 0 Å². The molecule has 0 bridgehead atoms. The summed E-state index contributed by atoms with van der Waals surface area (Å²) in [4.78, 5) is 21.0. The highest BCUT2D eigenvalue weighted by molar-refractivity contribution is 6.00. The smallest absolute Gasteiger partial charge is 0.228 e. The highest BCUT2D eigenvalue weighted by atomic mass is 16.1. The molecule has 0 unspecified atom stereocenters. The second-order valence-electron chi connectivity index (χ2n) is 6.60. The van der Waals surface area contributed by atoms with E-state index in [-0.39, 0.29) is 11.8 Å². The van der Waals surface area contributed by atoms with Crippen LogP contribution in [0.3, 0.4) is 0 Å². The van der Waals surface area contributed by atoms with Crippen LogP contribution in [0.1, 0.15) is 39.5 Å². The molecule has 0 spiro atoms. The molecule has 4 nitrogen and oxygen atoms in total. The summed E-state index contributed by atoms with van der Waals surface area (Å²) in [6.45, 7) is 4.55. The summed E-state index contributed by atoms with van der Waals surface area (Å²) in [7, 11) is 0. The molecular formula is C18H23N3O. The number of nitrogens with one attached hydrogen (secondary N) is 1. The van der Waals surface area contributed by atoms with E-state index < -0.39 is 0 Å². The van der Waals surface area contributed by atoms with Crippen molar-refractivity contribution in [3.63, 3.8) is 0 Å². The zero-order valence-corrected chi connectivity index (χ0v) is 13.2. The van der Waals surface area contributed by atoms with Crippen molar-refractivity contribution in [2.75, 3.05) is 5.32 Å². The minimum absolute atomic E-state index is 0.110. The van der Waals surface area contributed by atoms with Gasteiger partial charge in [0, 0.05) is 35.3 Å². The Balaban J connectivity index is 1.69. The molecule has 2 heterocycles. The maximum absolute atomic E-state index is 12.5. The average Bonchev–Trinajstić information content (AvgIpc) is 2.55. The molecule has 22 heavy (non-hydrogen) atoms. The predicted molar refractivity (Wildman–Crippen MR) is 88.5 cm³/mol.